The molecule has 4 nitrogen and oxygen atoms in total. The van der Waals surface area contributed by atoms with Crippen LogP contribution in [0.3, 0.4) is 0 Å². The van der Waals surface area contributed by atoms with Crippen LogP contribution in [0.25, 0.3) is 0 Å². The normalized spacial score (nSPS) is 12.9. The number of rotatable bonds is 4. The Balaban J connectivity index is 2.22. The Labute approximate surface area is 124 Å². The number of aromatic nitrogens is 2. The van der Waals surface area contributed by atoms with Gasteiger partial charge in [0.25, 0.3) is 0 Å². The highest BCUT2D eigenvalue weighted by Crippen LogP contribution is 2.19. The maximum absolute atomic E-state index is 12.2. The lowest BCUT2D eigenvalue weighted by Crippen LogP contribution is -2.20. The van der Waals surface area contributed by atoms with E-state index in [2.05, 4.69) is 16.9 Å². The number of carbonyl (C=O) groups is 1. The van der Waals surface area contributed by atoms with Gasteiger partial charge in [0, 0.05) is 6.20 Å². The molecule has 2 aromatic rings. The molecule has 4 heteroatoms. The number of esters is 1. The van der Waals surface area contributed by atoms with Crippen LogP contribution in [0.2, 0.25) is 0 Å². The van der Waals surface area contributed by atoms with Crippen LogP contribution in [0, 0.1) is 11.8 Å². The standard InChI is InChI=1S/C17H18N2O2/c1-4-8-13(2)21-17(20)16-11-12-18-19(16)14(3)15-9-6-5-7-10-15/h5-7,9-14H,1-3H3/t13?,14-/m1/s1. The second-order valence-corrected chi connectivity index (χ2v) is 4.69. The molecule has 21 heavy (non-hydrogen) atoms. The number of ether oxygens (including phenoxy) is 1. The minimum Gasteiger partial charge on any atom is -0.445 e. The van der Waals surface area contributed by atoms with E-state index in [4.69, 9.17) is 4.74 Å². The van der Waals surface area contributed by atoms with Crippen molar-refractivity contribution in [2.24, 2.45) is 0 Å². The molecule has 0 aliphatic rings. The average Bonchev–Trinajstić information content (AvgIpc) is 2.97. The van der Waals surface area contributed by atoms with Gasteiger partial charge in [-0.15, -0.1) is 5.92 Å². The largest absolute Gasteiger partial charge is 0.445 e. The van der Waals surface area contributed by atoms with Gasteiger partial charge in [0.05, 0.1) is 6.04 Å². The Morgan fingerprint density at radius 3 is 2.62 bits per heavy atom. The highest BCUT2D eigenvalue weighted by molar-refractivity contribution is 5.87. The van der Waals surface area contributed by atoms with Gasteiger partial charge < -0.3 is 4.74 Å². The van der Waals surface area contributed by atoms with Crippen LogP contribution in [-0.2, 0) is 4.74 Å². The summed E-state index contributed by atoms with van der Waals surface area (Å²) in [4.78, 5) is 12.2. The molecule has 0 amide bonds. The molecule has 1 aromatic heterocycles. The van der Waals surface area contributed by atoms with Crippen LogP contribution in [0.4, 0.5) is 0 Å². The first kappa shape index (κ1) is 14.9. The highest BCUT2D eigenvalue weighted by Gasteiger charge is 2.19. The van der Waals surface area contributed by atoms with Crippen LogP contribution >= 0.6 is 0 Å². The van der Waals surface area contributed by atoms with Gasteiger partial charge in [-0.1, -0.05) is 36.3 Å². The molecule has 0 aliphatic heterocycles. The molecule has 1 aromatic carbocycles. The zero-order valence-corrected chi connectivity index (χ0v) is 12.4. The zero-order chi connectivity index (χ0) is 15.2. The monoisotopic (exact) mass is 282 g/mol. The molecule has 0 aliphatic carbocycles. The van der Waals surface area contributed by atoms with Gasteiger partial charge in [-0.25, -0.2) is 4.79 Å². The third kappa shape index (κ3) is 3.51. The molecule has 0 bridgehead atoms. The first-order valence-corrected chi connectivity index (χ1v) is 6.85. The zero-order valence-electron chi connectivity index (χ0n) is 12.4. The lowest BCUT2D eigenvalue weighted by atomic mass is 10.1. The smallest absolute Gasteiger partial charge is 0.357 e. The van der Waals surface area contributed by atoms with Gasteiger partial charge in [0.15, 0.2) is 6.10 Å². The van der Waals surface area contributed by atoms with E-state index in [9.17, 15) is 4.79 Å². The Morgan fingerprint density at radius 1 is 1.24 bits per heavy atom. The number of carbonyl (C=O) groups excluding carboxylic acids is 1. The SMILES string of the molecule is CC#CC(C)OC(=O)c1ccnn1[C@H](C)c1ccccc1. The summed E-state index contributed by atoms with van der Waals surface area (Å²) in [6.07, 6.45) is 1.17. The molecule has 108 valence electrons. The van der Waals surface area contributed by atoms with Crippen LogP contribution < -0.4 is 0 Å². The van der Waals surface area contributed by atoms with Gasteiger partial charge in [0.2, 0.25) is 0 Å². The maximum Gasteiger partial charge on any atom is 0.357 e. The third-order valence-corrected chi connectivity index (χ3v) is 3.16. The number of benzene rings is 1. The molecule has 2 atom stereocenters. The van der Waals surface area contributed by atoms with Crippen molar-refractivity contribution in [3.63, 3.8) is 0 Å². The summed E-state index contributed by atoms with van der Waals surface area (Å²) in [6.45, 7) is 5.45. The fourth-order valence-electron chi connectivity index (χ4n) is 2.11. The van der Waals surface area contributed by atoms with Crippen LogP contribution in [-0.4, -0.2) is 21.9 Å². The van der Waals surface area contributed by atoms with Crippen molar-refractivity contribution < 1.29 is 9.53 Å². The first-order valence-electron chi connectivity index (χ1n) is 6.85. The molecule has 1 heterocycles. The second kappa shape index (κ2) is 6.76. The minimum absolute atomic E-state index is 0.0451. The van der Waals surface area contributed by atoms with Gasteiger partial charge in [-0.05, 0) is 32.4 Å². The van der Waals surface area contributed by atoms with E-state index in [1.165, 1.54) is 0 Å². The molecule has 0 N–H and O–H groups in total. The van der Waals surface area contributed by atoms with E-state index in [1.54, 1.807) is 30.8 Å². The third-order valence-electron chi connectivity index (χ3n) is 3.16. The van der Waals surface area contributed by atoms with E-state index in [1.807, 2.05) is 37.3 Å². The van der Waals surface area contributed by atoms with Crippen molar-refractivity contribution >= 4 is 5.97 Å². The van der Waals surface area contributed by atoms with Gasteiger partial charge in [0.1, 0.15) is 5.69 Å². The summed E-state index contributed by atoms with van der Waals surface area (Å²) in [5, 5.41) is 4.25. The van der Waals surface area contributed by atoms with Crippen LogP contribution in [0.15, 0.2) is 42.6 Å². The van der Waals surface area contributed by atoms with E-state index < -0.39 is 12.1 Å². The molecule has 1 unspecified atom stereocenters. The predicted octanol–water partition coefficient (Wildman–Crippen LogP) is 3.06. The molecule has 0 spiro atoms. The quantitative estimate of drug-likeness (QED) is 0.639. The van der Waals surface area contributed by atoms with Gasteiger partial charge in [-0.3, -0.25) is 4.68 Å². The fourth-order valence-corrected chi connectivity index (χ4v) is 2.11. The topological polar surface area (TPSA) is 44.1 Å². The summed E-state index contributed by atoms with van der Waals surface area (Å²) in [7, 11) is 0. The Hall–Kier alpha value is -2.54. The molecular formula is C17H18N2O2. The molecule has 0 radical (unpaired) electrons. The second-order valence-electron chi connectivity index (χ2n) is 4.69. The molecule has 0 fully saturated rings. The van der Waals surface area contributed by atoms with E-state index >= 15 is 0 Å². The molecule has 0 saturated carbocycles. The Bertz CT molecular complexity index is 665. The highest BCUT2D eigenvalue weighted by atomic mass is 16.5. The Morgan fingerprint density at radius 2 is 1.95 bits per heavy atom. The van der Waals surface area contributed by atoms with Crippen molar-refractivity contribution in [3.05, 3.63) is 53.9 Å². The molecule has 2 rings (SSSR count). The maximum atomic E-state index is 12.2. The number of hydrogen-bond donors (Lipinski definition) is 0. The minimum atomic E-state index is -0.433. The summed E-state index contributed by atoms with van der Waals surface area (Å²) >= 11 is 0. The van der Waals surface area contributed by atoms with Crippen molar-refractivity contribution in [1.29, 1.82) is 0 Å². The van der Waals surface area contributed by atoms with Crippen LogP contribution in [0.1, 0.15) is 42.9 Å². The average molecular weight is 282 g/mol. The summed E-state index contributed by atoms with van der Waals surface area (Å²) in [6, 6.07) is 11.5. The summed E-state index contributed by atoms with van der Waals surface area (Å²) in [5.74, 6) is 5.12. The lowest BCUT2D eigenvalue weighted by Gasteiger charge is -2.16. The molecule has 0 saturated heterocycles. The number of nitrogens with zero attached hydrogens (tertiary/aromatic N) is 2. The van der Waals surface area contributed by atoms with Gasteiger partial charge in [-0.2, -0.15) is 5.10 Å². The summed E-state index contributed by atoms with van der Waals surface area (Å²) in [5.41, 5.74) is 1.51. The van der Waals surface area contributed by atoms with Crippen molar-refractivity contribution in [3.8, 4) is 11.8 Å². The Kier molecular flexibility index (Phi) is 4.78. The number of hydrogen-bond acceptors (Lipinski definition) is 3. The van der Waals surface area contributed by atoms with Crippen molar-refractivity contribution in [2.45, 2.75) is 32.9 Å². The first-order chi connectivity index (χ1) is 10.1. The molecular weight excluding hydrogens is 264 g/mol. The van der Waals surface area contributed by atoms with E-state index in [-0.39, 0.29) is 6.04 Å². The lowest BCUT2D eigenvalue weighted by molar-refractivity contribution is 0.0422. The van der Waals surface area contributed by atoms with Crippen molar-refractivity contribution in [2.75, 3.05) is 0 Å². The van der Waals surface area contributed by atoms with Gasteiger partial charge >= 0.3 is 5.97 Å². The van der Waals surface area contributed by atoms with E-state index in [0.717, 1.165) is 5.56 Å². The van der Waals surface area contributed by atoms with E-state index in [0.29, 0.717) is 5.69 Å². The summed E-state index contributed by atoms with van der Waals surface area (Å²) < 4.78 is 6.96. The van der Waals surface area contributed by atoms with Crippen molar-refractivity contribution in [1.82, 2.24) is 9.78 Å². The fraction of sp³-hybridized carbons (Fsp3) is 0.294. The van der Waals surface area contributed by atoms with Crippen LogP contribution in [0.5, 0.6) is 0 Å². The predicted molar refractivity (Wildman–Crippen MR) is 80.8 cm³/mol.